The predicted molar refractivity (Wildman–Crippen MR) is 102 cm³/mol. The normalized spacial score (nSPS) is 11.5. The van der Waals surface area contributed by atoms with Crippen LogP contribution in [0.3, 0.4) is 0 Å². The molecular formula is C13H10BrFN6O7S2. The zero-order valence-electron chi connectivity index (χ0n) is 14.4. The first kappa shape index (κ1) is 21.9. The van der Waals surface area contributed by atoms with Crippen LogP contribution in [0.4, 0.5) is 9.18 Å². The molecule has 30 heavy (non-hydrogen) atoms. The Bertz CT molecular complexity index is 1240. The molecule has 0 saturated carbocycles. The molecule has 0 spiro atoms. The van der Waals surface area contributed by atoms with Gasteiger partial charge in [-0.2, -0.15) is 13.1 Å². The van der Waals surface area contributed by atoms with E-state index in [9.17, 15) is 22.4 Å². The molecule has 160 valence electrons. The second kappa shape index (κ2) is 8.94. The van der Waals surface area contributed by atoms with Crippen molar-refractivity contribution in [2.24, 2.45) is 0 Å². The molecule has 0 aliphatic heterocycles. The third-order valence-electron chi connectivity index (χ3n) is 3.29. The van der Waals surface area contributed by atoms with E-state index in [0.29, 0.717) is 0 Å². The summed E-state index contributed by atoms with van der Waals surface area (Å²) in [5, 5.41) is 19.6. The van der Waals surface area contributed by atoms with E-state index in [2.05, 4.69) is 40.6 Å². The zero-order valence-corrected chi connectivity index (χ0v) is 17.6. The molecule has 0 radical (unpaired) electrons. The number of nitrogens with zero attached hydrogens (tertiary/aromatic N) is 4. The number of hydrogen-bond donors (Lipinski definition) is 3. The van der Waals surface area contributed by atoms with Crippen molar-refractivity contribution in [2.75, 3.05) is 12.3 Å². The summed E-state index contributed by atoms with van der Waals surface area (Å²) in [6.07, 6.45) is -1.73. The molecule has 13 nitrogen and oxygen atoms in total. The van der Waals surface area contributed by atoms with E-state index in [1.165, 1.54) is 16.9 Å². The fourth-order valence-corrected chi connectivity index (χ4v) is 4.06. The molecule has 2 aromatic heterocycles. The summed E-state index contributed by atoms with van der Waals surface area (Å²) in [6.45, 7) is -0.157. The smallest absolute Gasteiger partial charge is 0.446 e. The van der Waals surface area contributed by atoms with Crippen molar-refractivity contribution in [2.45, 2.75) is 5.03 Å². The average Bonchev–Trinajstić information content (AvgIpc) is 3.26. The van der Waals surface area contributed by atoms with Crippen LogP contribution in [0.1, 0.15) is 0 Å². The van der Waals surface area contributed by atoms with Crippen LogP contribution in [0.5, 0.6) is 0 Å². The molecule has 0 saturated heterocycles. The number of benzene rings is 1. The van der Waals surface area contributed by atoms with Crippen LogP contribution in [0.15, 0.2) is 41.6 Å². The van der Waals surface area contributed by atoms with E-state index >= 15 is 0 Å². The van der Waals surface area contributed by atoms with Crippen LogP contribution in [-0.4, -0.2) is 52.0 Å². The second-order valence-electron chi connectivity index (χ2n) is 5.28. The van der Waals surface area contributed by atoms with Crippen LogP contribution >= 0.6 is 27.7 Å². The summed E-state index contributed by atoms with van der Waals surface area (Å²) >= 11 is 4.02. The molecule has 2 heterocycles. The Kier molecular flexibility index (Phi) is 6.54. The zero-order chi connectivity index (χ0) is 21.9. The van der Waals surface area contributed by atoms with Gasteiger partial charge in [-0.1, -0.05) is 16.9 Å². The highest BCUT2D eigenvalue weighted by Gasteiger charge is 2.23. The Labute approximate surface area is 178 Å². The lowest BCUT2D eigenvalue weighted by Crippen LogP contribution is -2.40. The van der Waals surface area contributed by atoms with Gasteiger partial charge in [0.1, 0.15) is 5.82 Å². The van der Waals surface area contributed by atoms with Crippen molar-refractivity contribution in [1.82, 2.24) is 29.5 Å². The maximum absolute atomic E-state index is 13.5. The summed E-state index contributed by atoms with van der Waals surface area (Å²) < 4.78 is 50.1. The van der Waals surface area contributed by atoms with Crippen molar-refractivity contribution >= 4 is 44.0 Å². The third kappa shape index (κ3) is 5.04. The van der Waals surface area contributed by atoms with Crippen molar-refractivity contribution in [3.05, 3.63) is 39.0 Å². The molecule has 0 fully saturated rings. The fourth-order valence-electron chi connectivity index (χ4n) is 2.14. The molecule has 17 heteroatoms. The number of rotatable bonds is 8. The number of carboxylic acid groups (broad SMARTS) is 1. The fraction of sp³-hybridized carbons (Fsp3) is 0.154. The molecule has 3 rings (SSSR count). The molecule has 3 aromatic rings. The Hall–Kier alpha value is -2.76. The molecule has 0 unspecified atom stereocenters. The minimum Gasteiger partial charge on any atom is -0.464 e. The Morgan fingerprint density at radius 2 is 2.10 bits per heavy atom. The van der Waals surface area contributed by atoms with Crippen LogP contribution in [0, 0.1) is 5.82 Å². The first-order chi connectivity index (χ1) is 14.2. The summed E-state index contributed by atoms with van der Waals surface area (Å²) in [6, 6.07) is 3.80. The maximum Gasteiger partial charge on any atom is 0.446 e. The SMILES string of the molecule is O=C(O)NS(=O)(=O)NCCSc1nonc1-c1noc(=O)n1-c1ccc(F)c(Br)c1. The standard InChI is InChI=1S/C13H10BrFN6O7S2/c14-7-5-6(1-2-8(7)15)21-10(18-27-13(21)24)9-11(19-28-17-9)29-4-3-16-30(25,26)20-12(22)23/h1-2,5,16,20H,3-4H2,(H,22,23). The number of nitrogens with one attached hydrogen (secondary N) is 2. The first-order valence-corrected chi connectivity index (χ1v) is 10.9. The largest absolute Gasteiger partial charge is 0.464 e. The van der Waals surface area contributed by atoms with Crippen molar-refractivity contribution in [1.29, 1.82) is 0 Å². The van der Waals surface area contributed by atoms with Gasteiger partial charge in [0, 0.05) is 12.3 Å². The van der Waals surface area contributed by atoms with Crippen molar-refractivity contribution in [3.8, 4) is 17.2 Å². The summed E-state index contributed by atoms with van der Waals surface area (Å²) in [5.74, 6) is -1.37. The summed E-state index contributed by atoms with van der Waals surface area (Å²) in [4.78, 5) is 22.5. The van der Waals surface area contributed by atoms with Crippen molar-refractivity contribution < 1.29 is 31.9 Å². The number of hydrogen-bond acceptors (Lipinski definition) is 10. The van der Waals surface area contributed by atoms with Crippen molar-refractivity contribution in [3.63, 3.8) is 0 Å². The molecule has 1 aromatic carbocycles. The number of halogens is 2. The quantitative estimate of drug-likeness (QED) is 0.281. The lowest BCUT2D eigenvalue weighted by atomic mass is 10.3. The van der Waals surface area contributed by atoms with E-state index in [1.807, 2.05) is 4.72 Å². The summed E-state index contributed by atoms with van der Waals surface area (Å²) in [5.41, 5.74) is 0.258. The van der Waals surface area contributed by atoms with Gasteiger partial charge in [0.05, 0.1) is 10.2 Å². The van der Waals surface area contributed by atoms with Gasteiger partial charge in [-0.25, -0.2) is 27.9 Å². The number of carbonyl (C=O) groups is 1. The Morgan fingerprint density at radius 1 is 1.33 bits per heavy atom. The molecule has 0 bridgehead atoms. The van der Waals surface area contributed by atoms with E-state index in [1.54, 1.807) is 0 Å². The molecule has 0 aliphatic carbocycles. The van der Waals surface area contributed by atoms with Gasteiger partial charge in [-0.05, 0) is 44.4 Å². The minimum atomic E-state index is -4.21. The van der Waals surface area contributed by atoms with Crippen LogP contribution in [0.25, 0.3) is 17.2 Å². The lowest BCUT2D eigenvalue weighted by molar-refractivity contribution is 0.201. The Balaban J connectivity index is 1.78. The van der Waals surface area contributed by atoms with E-state index in [4.69, 9.17) is 5.11 Å². The van der Waals surface area contributed by atoms with Crippen LogP contribution < -0.4 is 15.2 Å². The van der Waals surface area contributed by atoms with Gasteiger partial charge < -0.3 is 5.11 Å². The lowest BCUT2D eigenvalue weighted by Gasteiger charge is -2.05. The molecule has 1 amide bonds. The van der Waals surface area contributed by atoms with E-state index in [0.717, 1.165) is 22.4 Å². The summed E-state index contributed by atoms with van der Waals surface area (Å²) in [7, 11) is -4.21. The average molecular weight is 525 g/mol. The van der Waals surface area contributed by atoms with E-state index < -0.39 is 27.9 Å². The van der Waals surface area contributed by atoms with Gasteiger partial charge in [0.15, 0.2) is 10.7 Å². The first-order valence-electron chi connectivity index (χ1n) is 7.68. The van der Waals surface area contributed by atoms with Gasteiger partial charge in [-0.3, -0.25) is 4.52 Å². The molecule has 3 N–H and O–H groups in total. The second-order valence-corrected chi connectivity index (χ2v) is 8.71. The van der Waals surface area contributed by atoms with Crippen LogP contribution in [-0.2, 0) is 10.2 Å². The Morgan fingerprint density at radius 3 is 2.80 bits per heavy atom. The van der Waals surface area contributed by atoms with Gasteiger partial charge in [-0.15, -0.1) is 0 Å². The molecular weight excluding hydrogens is 515 g/mol. The highest BCUT2D eigenvalue weighted by molar-refractivity contribution is 9.10. The van der Waals surface area contributed by atoms with Crippen LogP contribution in [0.2, 0.25) is 0 Å². The number of aromatic nitrogens is 4. The minimum absolute atomic E-state index is 0.0258. The number of amides is 1. The molecule has 0 atom stereocenters. The molecule has 0 aliphatic rings. The third-order valence-corrected chi connectivity index (χ3v) is 5.88. The topological polar surface area (TPSA) is 182 Å². The predicted octanol–water partition coefficient (Wildman–Crippen LogP) is 0.971. The van der Waals surface area contributed by atoms with Gasteiger partial charge in [0.25, 0.3) is 0 Å². The highest BCUT2D eigenvalue weighted by Crippen LogP contribution is 2.28. The maximum atomic E-state index is 13.5. The highest BCUT2D eigenvalue weighted by atomic mass is 79.9. The monoisotopic (exact) mass is 524 g/mol. The van der Waals surface area contributed by atoms with E-state index in [-0.39, 0.29) is 39.0 Å². The van der Waals surface area contributed by atoms with Gasteiger partial charge in [0.2, 0.25) is 5.82 Å². The number of thioether (sulfide) groups is 1. The van der Waals surface area contributed by atoms with Gasteiger partial charge >= 0.3 is 22.1 Å².